The molecule has 0 amide bonds. The number of anilines is 1. The lowest BCUT2D eigenvalue weighted by atomic mass is 10.1. The minimum absolute atomic E-state index is 0.457. The molecule has 1 aliphatic rings. The fourth-order valence-electron chi connectivity index (χ4n) is 1.89. The van der Waals surface area contributed by atoms with Gasteiger partial charge in [-0.1, -0.05) is 6.07 Å². The molecule has 2 rings (SSSR count). The number of pyridine rings is 1. The van der Waals surface area contributed by atoms with Gasteiger partial charge in [-0.25, -0.2) is 4.98 Å². The molecule has 0 spiro atoms. The van der Waals surface area contributed by atoms with Crippen molar-refractivity contribution in [3.05, 3.63) is 24.4 Å². The Morgan fingerprint density at radius 1 is 1.43 bits per heavy atom. The molecule has 0 saturated carbocycles. The van der Waals surface area contributed by atoms with E-state index in [9.17, 15) is 0 Å². The van der Waals surface area contributed by atoms with Crippen molar-refractivity contribution in [2.75, 3.05) is 18.5 Å². The van der Waals surface area contributed by atoms with Crippen LogP contribution in [0.2, 0.25) is 0 Å². The van der Waals surface area contributed by atoms with E-state index in [-0.39, 0.29) is 0 Å². The maximum atomic E-state index is 4.34. The van der Waals surface area contributed by atoms with Gasteiger partial charge in [0.1, 0.15) is 5.82 Å². The van der Waals surface area contributed by atoms with Crippen molar-refractivity contribution >= 4 is 5.82 Å². The Morgan fingerprint density at radius 3 is 3.00 bits per heavy atom. The molecule has 76 valence electrons. The van der Waals surface area contributed by atoms with Crippen molar-refractivity contribution in [2.24, 2.45) is 0 Å². The summed E-state index contributed by atoms with van der Waals surface area (Å²) >= 11 is 0. The molecule has 0 aliphatic carbocycles. The molecule has 1 aliphatic heterocycles. The number of nitrogens with zero attached hydrogens (tertiary/aromatic N) is 2. The van der Waals surface area contributed by atoms with Crippen LogP contribution in [0.5, 0.6) is 0 Å². The Balaban J connectivity index is 2.03. The number of hydrogen-bond acceptors (Lipinski definition) is 3. The zero-order valence-corrected chi connectivity index (χ0v) is 8.61. The van der Waals surface area contributed by atoms with Crippen molar-refractivity contribution in [3.8, 4) is 0 Å². The maximum Gasteiger partial charge on any atom is 0.129 e. The largest absolute Gasteiger partial charge is 0.344 e. The van der Waals surface area contributed by atoms with Crippen LogP contribution in [0.25, 0.3) is 0 Å². The third-order valence-corrected chi connectivity index (χ3v) is 2.76. The second kappa shape index (κ2) is 4.42. The van der Waals surface area contributed by atoms with Crippen LogP contribution < -0.4 is 10.2 Å². The highest BCUT2D eigenvalue weighted by Crippen LogP contribution is 2.15. The molecular weight excluding hydrogens is 174 g/mol. The van der Waals surface area contributed by atoms with Crippen molar-refractivity contribution in [1.29, 1.82) is 0 Å². The van der Waals surface area contributed by atoms with Gasteiger partial charge in [0.25, 0.3) is 0 Å². The van der Waals surface area contributed by atoms with Gasteiger partial charge in [0.2, 0.25) is 0 Å². The second-order valence-electron chi connectivity index (χ2n) is 3.76. The maximum absolute atomic E-state index is 4.34. The van der Waals surface area contributed by atoms with E-state index < -0.39 is 0 Å². The Morgan fingerprint density at radius 2 is 2.36 bits per heavy atom. The standard InChI is InChI=1S/C11H17N3/c1-14(10-6-2-4-8-12-10)11-7-3-5-9-13-11/h2,4,6,8,11,13H,3,5,7,9H2,1H3. The first-order chi connectivity index (χ1) is 6.88. The Kier molecular flexibility index (Phi) is 2.99. The van der Waals surface area contributed by atoms with E-state index >= 15 is 0 Å². The lowest BCUT2D eigenvalue weighted by molar-refractivity contribution is 0.395. The molecule has 1 aromatic heterocycles. The third-order valence-electron chi connectivity index (χ3n) is 2.76. The van der Waals surface area contributed by atoms with Gasteiger partial charge in [0.05, 0.1) is 6.17 Å². The average molecular weight is 191 g/mol. The minimum Gasteiger partial charge on any atom is -0.344 e. The fraction of sp³-hybridized carbons (Fsp3) is 0.545. The molecule has 1 fully saturated rings. The summed E-state index contributed by atoms with van der Waals surface area (Å²) in [5.74, 6) is 1.05. The topological polar surface area (TPSA) is 28.2 Å². The molecule has 1 atom stereocenters. The predicted molar refractivity (Wildman–Crippen MR) is 58.3 cm³/mol. The van der Waals surface area contributed by atoms with Crippen LogP contribution in [-0.4, -0.2) is 24.7 Å². The molecule has 0 aromatic carbocycles. The highest BCUT2D eigenvalue weighted by molar-refractivity contribution is 5.37. The number of nitrogens with one attached hydrogen (secondary N) is 1. The first-order valence-corrected chi connectivity index (χ1v) is 5.25. The van der Waals surface area contributed by atoms with Gasteiger partial charge in [-0.15, -0.1) is 0 Å². The number of piperidine rings is 1. The van der Waals surface area contributed by atoms with E-state index in [1.807, 2.05) is 18.3 Å². The van der Waals surface area contributed by atoms with Crippen LogP contribution in [0.1, 0.15) is 19.3 Å². The molecule has 0 bridgehead atoms. The van der Waals surface area contributed by atoms with Gasteiger partial charge in [0, 0.05) is 13.2 Å². The molecule has 14 heavy (non-hydrogen) atoms. The SMILES string of the molecule is CN(c1ccccn1)C1CCCCN1. The van der Waals surface area contributed by atoms with Crippen LogP contribution in [0.15, 0.2) is 24.4 Å². The van der Waals surface area contributed by atoms with Crippen LogP contribution >= 0.6 is 0 Å². The Labute approximate surface area is 85.1 Å². The smallest absolute Gasteiger partial charge is 0.129 e. The zero-order chi connectivity index (χ0) is 9.80. The summed E-state index contributed by atoms with van der Waals surface area (Å²) in [5, 5.41) is 3.50. The van der Waals surface area contributed by atoms with Crippen molar-refractivity contribution in [2.45, 2.75) is 25.4 Å². The summed E-state index contributed by atoms with van der Waals surface area (Å²) in [6.45, 7) is 1.13. The van der Waals surface area contributed by atoms with Crippen LogP contribution in [0.4, 0.5) is 5.82 Å². The van der Waals surface area contributed by atoms with Gasteiger partial charge >= 0.3 is 0 Å². The second-order valence-corrected chi connectivity index (χ2v) is 3.76. The molecule has 3 nitrogen and oxygen atoms in total. The summed E-state index contributed by atoms with van der Waals surface area (Å²) in [4.78, 5) is 6.56. The molecular formula is C11H17N3. The normalized spacial score (nSPS) is 21.9. The molecule has 2 heterocycles. The lowest BCUT2D eigenvalue weighted by Crippen LogP contribution is -2.46. The van der Waals surface area contributed by atoms with Gasteiger partial charge < -0.3 is 4.90 Å². The molecule has 1 N–H and O–H groups in total. The fourth-order valence-corrected chi connectivity index (χ4v) is 1.89. The van der Waals surface area contributed by atoms with Crippen molar-refractivity contribution < 1.29 is 0 Å². The van der Waals surface area contributed by atoms with Gasteiger partial charge in [-0.2, -0.15) is 0 Å². The first-order valence-electron chi connectivity index (χ1n) is 5.25. The summed E-state index contributed by atoms with van der Waals surface area (Å²) in [7, 11) is 2.10. The van der Waals surface area contributed by atoms with Gasteiger partial charge in [-0.3, -0.25) is 5.32 Å². The van der Waals surface area contributed by atoms with E-state index in [2.05, 4.69) is 28.3 Å². The average Bonchev–Trinajstić information content (AvgIpc) is 2.30. The highest BCUT2D eigenvalue weighted by Gasteiger charge is 2.17. The number of hydrogen-bond donors (Lipinski definition) is 1. The van der Waals surface area contributed by atoms with Crippen LogP contribution in [-0.2, 0) is 0 Å². The van der Waals surface area contributed by atoms with E-state index in [1.165, 1.54) is 19.3 Å². The molecule has 1 saturated heterocycles. The van der Waals surface area contributed by atoms with E-state index in [4.69, 9.17) is 0 Å². The van der Waals surface area contributed by atoms with Crippen LogP contribution in [0.3, 0.4) is 0 Å². The van der Waals surface area contributed by atoms with Gasteiger partial charge in [-0.05, 0) is 37.9 Å². The molecule has 0 radical (unpaired) electrons. The number of rotatable bonds is 2. The predicted octanol–water partition coefficient (Wildman–Crippen LogP) is 1.62. The Bertz CT molecular complexity index is 267. The minimum atomic E-state index is 0.457. The number of aromatic nitrogens is 1. The summed E-state index contributed by atoms with van der Waals surface area (Å²) in [5.41, 5.74) is 0. The lowest BCUT2D eigenvalue weighted by Gasteiger charge is -2.32. The van der Waals surface area contributed by atoms with Crippen LogP contribution in [0, 0.1) is 0 Å². The summed E-state index contributed by atoms with van der Waals surface area (Å²) in [6.07, 6.45) is 6.13. The summed E-state index contributed by atoms with van der Waals surface area (Å²) in [6, 6.07) is 6.03. The molecule has 1 unspecified atom stereocenters. The zero-order valence-electron chi connectivity index (χ0n) is 8.61. The highest BCUT2D eigenvalue weighted by atomic mass is 15.3. The molecule has 1 aromatic rings. The quantitative estimate of drug-likeness (QED) is 0.770. The molecule has 3 heteroatoms. The van der Waals surface area contributed by atoms with E-state index in [1.54, 1.807) is 0 Å². The van der Waals surface area contributed by atoms with E-state index in [0.717, 1.165) is 12.4 Å². The monoisotopic (exact) mass is 191 g/mol. The third kappa shape index (κ3) is 2.04. The van der Waals surface area contributed by atoms with E-state index in [0.29, 0.717) is 6.17 Å². The van der Waals surface area contributed by atoms with Crippen molar-refractivity contribution in [1.82, 2.24) is 10.3 Å². The summed E-state index contributed by atoms with van der Waals surface area (Å²) < 4.78 is 0. The van der Waals surface area contributed by atoms with Crippen molar-refractivity contribution in [3.63, 3.8) is 0 Å². The first kappa shape index (κ1) is 9.46. The van der Waals surface area contributed by atoms with Gasteiger partial charge in [0.15, 0.2) is 0 Å². The Hall–Kier alpha value is -1.09.